The molecule has 4 heteroatoms. The molecule has 0 aromatic heterocycles. The predicted octanol–water partition coefficient (Wildman–Crippen LogP) is 2.88. The number of carbonyl (C=O) groups is 1. The molecule has 1 aromatic rings. The second-order valence-electron chi connectivity index (χ2n) is 6.13. The number of hydrogen-bond acceptors (Lipinski definition) is 4. The molecule has 20 heavy (non-hydrogen) atoms. The van der Waals surface area contributed by atoms with E-state index in [1.54, 1.807) is 66.0 Å². The van der Waals surface area contributed by atoms with Crippen molar-refractivity contribution in [2.75, 3.05) is 7.11 Å². The lowest BCUT2D eigenvalue weighted by Gasteiger charge is -2.32. The standard InChI is InChI=1S/C16H24O4/c1-11(14(17)20-15(2,3)4)16(5,18)12-8-7-9-13(10-12)19-6/h7-11,18H,1-6H3. The van der Waals surface area contributed by atoms with Gasteiger partial charge in [-0.1, -0.05) is 12.1 Å². The van der Waals surface area contributed by atoms with E-state index in [-0.39, 0.29) is 0 Å². The summed E-state index contributed by atoms with van der Waals surface area (Å²) in [5.41, 5.74) is -1.28. The van der Waals surface area contributed by atoms with Crippen molar-refractivity contribution in [2.24, 2.45) is 5.92 Å². The number of methoxy groups -OCH3 is 1. The van der Waals surface area contributed by atoms with Crippen LogP contribution in [-0.4, -0.2) is 23.8 Å². The van der Waals surface area contributed by atoms with Crippen molar-refractivity contribution in [3.05, 3.63) is 29.8 Å². The highest BCUT2D eigenvalue weighted by Crippen LogP contribution is 2.32. The molecule has 0 fully saturated rings. The third-order valence-electron chi connectivity index (χ3n) is 3.26. The molecular formula is C16H24O4. The van der Waals surface area contributed by atoms with Crippen molar-refractivity contribution in [2.45, 2.75) is 45.8 Å². The van der Waals surface area contributed by atoms with Gasteiger partial charge in [-0.2, -0.15) is 0 Å². The van der Waals surface area contributed by atoms with E-state index in [1.165, 1.54) is 0 Å². The van der Waals surface area contributed by atoms with Crippen LogP contribution < -0.4 is 4.74 Å². The maximum Gasteiger partial charge on any atom is 0.312 e. The highest BCUT2D eigenvalue weighted by atomic mass is 16.6. The molecule has 0 amide bonds. The van der Waals surface area contributed by atoms with Gasteiger partial charge in [-0.3, -0.25) is 4.79 Å². The predicted molar refractivity (Wildman–Crippen MR) is 77.6 cm³/mol. The minimum absolute atomic E-state index is 0.426. The largest absolute Gasteiger partial charge is 0.497 e. The Kier molecular flexibility index (Phi) is 4.81. The van der Waals surface area contributed by atoms with Gasteiger partial charge in [0, 0.05) is 0 Å². The molecule has 1 aromatic carbocycles. The molecule has 0 spiro atoms. The second-order valence-corrected chi connectivity index (χ2v) is 6.13. The molecule has 2 atom stereocenters. The Morgan fingerprint density at radius 2 is 1.85 bits per heavy atom. The highest BCUT2D eigenvalue weighted by Gasteiger charge is 2.38. The molecule has 2 unspecified atom stereocenters. The molecule has 1 N–H and O–H groups in total. The minimum Gasteiger partial charge on any atom is -0.497 e. The monoisotopic (exact) mass is 280 g/mol. The first-order chi connectivity index (χ1) is 9.08. The number of rotatable bonds is 4. The molecular weight excluding hydrogens is 256 g/mol. The van der Waals surface area contributed by atoms with Gasteiger partial charge >= 0.3 is 5.97 Å². The van der Waals surface area contributed by atoms with Gasteiger partial charge in [0.05, 0.1) is 18.6 Å². The smallest absolute Gasteiger partial charge is 0.312 e. The highest BCUT2D eigenvalue weighted by molar-refractivity contribution is 5.74. The van der Waals surface area contributed by atoms with E-state index in [0.29, 0.717) is 11.3 Å². The van der Waals surface area contributed by atoms with Crippen molar-refractivity contribution < 1.29 is 19.4 Å². The second kappa shape index (κ2) is 5.83. The van der Waals surface area contributed by atoms with Crippen LogP contribution in [0.15, 0.2) is 24.3 Å². The lowest BCUT2D eigenvalue weighted by molar-refractivity contribution is -0.168. The van der Waals surface area contributed by atoms with Crippen LogP contribution in [0.2, 0.25) is 0 Å². The molecule has 0 radical (unpaired) electrons. The maximum atomic E-state index is 12.1. The van der Waals surface area contributed by atoms with Gasteiger partial charge in [0.15, 0.2) is 0 Å². The van der Waals surface area contributed by atoms with Crippen LogP contribution in [0.5, 0.6) is 5.75 Å². The van der Waals surface area contributed by atoms with Gasteiger partial charge in [-0.05, 0) is 52.3 Å². The van der Waals surface area contributed by atoms with Crippen LogP contribution in [0, 0.1) is 5.92 Å². The first-order valence-electron chi connectivity index (χ1n) is 6.67. The third kappa shape index (κ3) is 3.97. The van der Waals surface area contributed by atoms with Gasteiger partial charge in [0.25, 0.3) is 0 Å². The summed E-state index contributed by atoms with van der Waals surface area (Å²) in [5, 5.41) is 10.7. The van der Waals surface area contributed by atoms with Crippen molar-refractivity contribution in [3.8, 4) is 5.75 Å². The van der Waals surface area contributed by atoms with Crippen LogP contribution in [0.3, 0.4) is 0 Å². The Labute approximate surface area is 120 Å². The number of ether oxygens (including phenoxy) is 2. The summed E-state index contributed by atoms with van der Waals surface area (Å²) in [4.78, 5) is 12.1. The lowest BCUT2D eigenvalue weighted by Crippen LogP contribution is -2.39. The van der Waals surface area contributed by atoms with E-state index in [9.17, 15) is 9.90 Å². The molecule has 0 aliphatic rings. The van der Waals surface area contributed by atoms with Crippen LogP contribution in [0.25, 0.3) is 0 Å². The minimum atomic E-state index is -1.32. The summed E-state index contributed by atoms with van der Waals surface area (Å²) >= 11 is 0. The molecule has 0 saturated carbocycles. The van der Waals surface area contributed by atoms with E-state index in [1.807, 2.05) is 0 Å². The summed E-state index contributed by atoms with van der Waals surface area (Å²) in [7, 11) is 1.56. The van der Waals surface area contributed by atoms with Crippen molar-refractivity contribution in [1.82, 2.24) is 0 Å². The van der Waals surface area contributed by atoms with Gasteiger partial charge < -0.3 is 14.6 Å². The fraction of sp³-hybridized carbons (Fsp3) is 0.562. The summed E-state index contributed by atoms with van der Waals surface area (Å²) in [6.07, 6.45) is 0. The summed E-state index contributed by atoms with van der Waals surface area (Å²) < 4.78 is 10.5. The van der Waals surface area contributed by atoms with E-state index >= 15 is 0 Å². The Morgan fingerprint density at radius 3 is 2.35 bits per heavy atom. The van der Waals surface area contributed by atoms with Crippen molar-refractivity contribution in [3.63, 3.8) is 0 Å². The number of carbonyl (C=O) groups excluding carboxylic acids is 1. The summed E-state index contributed by atoms with van der Waals surface area (Å²) in [6, 6.07) is 7.06. The van der Waals surface area contributed by atoms with E-state index in [2.05, 4.69) is 0 Å². The SMILES string of the molecule is COc1cccc(C(C)(O)C(C)C(=O)OC(C)(C)C)c1. The van der Waals surface area contributed by atoms with Crippen LogP contribution in [0.1, 0.15) is 40.2 Å². The summed E-state index contributed by atoms with van der Waals surface area (Å²) in [5.74, 6) is -0.474. The molecule has 0 bridgehead atoms. The Morgan fingerprint density at radius 1 is 1.25 bits per heavy atom. The molecule has 4 nitrogen and oxygen atoms in total. The number of benzene rings is 1. The van der Waals surface area contributed by atoms with E-state index < -0.39 is 23.1 Å². The number of hydrogen-bond donors (Lipinski definition) is 1. The summed E-state index contributed by atoms with van der Waals surface area (Å²) in [6.45, 7) is 8.68. The van der Waals surface area contributed by atoms with Crippen LogP contribution in [0.4, 0.5) is 0 Å². The van der Waals surface area contributed by atoms with Gasteiger partial charge in [0.1, 0.15) is 11.4 Å². The van der Waals surface area contributed by atoms with Gasteiger partial charge in [-0.15, -0.1) is 0 Å². The number of aliphatic hydroxyl groups is 1. The van der Waals surface area contributed by atoms with E-state index in [4.69, 9.17) is 9.47 Å². The fourth-order valence-electron chi connectivity index (χ4n) is 1.81. The van der Waals surface area contributed by atoms with Gasteiger partial charge in [0.2, 0.25) is 0 Å². The zero-order chi connectivity index (χ0) is 15.6. The topological polar surface area (TPSA) is 55.8 Å². The Hall–Kier alpha value is -1.55. The van der Waals surface area contributed by atoms with Crippen molar-refractivity contribution >= 4 is 5.97 Å². The average molecular weight is 280 g/mol. The van der Waals surface area contributed by atoms with E-state index in [0.717, 1.165) is 0 Å². The fourth-order valence-corrected chi connectivity index (χ4v) is 1.81. The lowest BCUT2D eigenvalue weighted by atomic mass is 9.84. The Balaban J connectivity index is 2.99. The quantitative estimate of drug-likeness (QED) is 0.862. The zero-order valence-electron chi connectivity index (χ0n) is 13.1. The first kappa shape index (κ1) is 16.5. The number of esters is 1. The van der Waals surface area contributed by atoms with Crippen LogP contribution >= 0.6 is 0 Å². The molecule has 0 aliphatic carbocycles. The third-order valence-corrected chi connectivity index (χ3v) is 3.26. The zero-order valence-corrected chi connectivity index (χ0v) is 13.1. The molecule has 0 aliphatic heterocycles. The first-order valence-corrected chi connectivity index (χ1v) is 6.67. The maximum absolute atomic E-state index is 12.1. The normalized spacial score (nSPS) is 16.1. The van der Waals surface area contributed by atoms with Gasteiger partial charge in [-0.25, -0.2) is 0 Å². The van der Waals surface area contributed by atoms with Crippen molar-refractivity contribution in [1.29, 1.82) is 0 Å². The van der Waals surface area contributed by atoms with Crippen LogP contribution in [-0.2, 0) is 15.1 Å². The molecule has 0 heterocycles. The molecule has 1 rings (SSSR count). The molecule has 112 valence electrons. The molecule has 0 saturated heterocycles. The Bertz CT molecular complexity index is 472. The average Bonchev–Trinajstić information content (AvgIpc) is 2.35.